The highest BCUT2D eigenvalue weighted by atomic mass is 16.7. The second-order valence-electron chi connectivity index (χ2n) is 6.37. The van der Waals surface area contributed by atoms with Crippen LogP contribution in [0.4, 0.5) is 0 Å². The molecule has 0 amide bonds. The van der Waals surface area contributed by atoms with E-state index in [1.54, 1.807) is 6.92 Å². The van der Waals surface area contributed by atoms with E-state index in [4.69, 9.17) is 9.47 Å². The Morgan fingerprint density at radius 2 is 1.82 bits per heavy atom. The average molecular weight is 242 g/mol. The van der Waals surface area contributed by atoms with Crippen molar-refractivity contribution in [1.82, 2.24) is 0 Å². The molecule has 0 bridgehead atoms. The summed E-state index contributed by atoms with van der Waals surface area (Å²) < 4.78 is 10.4. The van der Waals surface area contributed by atoms with Gasteiger partial charge in [-0.25, -0.2) is 0 Å². The van der Waals surface area contributed by atoms with Crippen LogP contribution in [0.25, 0.3) is 0 Å². The Hall–Kier alpha value is -1.06. The van der Waals surface area contributed by atoms with Crippen LogP contribution in [0.2, 0.25) is 0 Å². The fraction of sp³-hybridized carbons (Fsp3) is 0.846. The molecule has 1 atom stereocenters. The van der Waals surface area contributed by atoms with E-state index in [2.05, 4.69) is 0 Å². The Morgan fingerprint density at radius 1 is 1.29 bits per heavy atom. The van der Waals surface area contributed by atoms with Gasteiger partial charge in [0, 0.05) is 13.3 Å². The standard InChI is InChI=1S/C13H22O4/c1-11(2,3)12(4,5)10(15)17-13(6)8-7-9(14)16-13/h7-8H2,1-6H3. The minimum Gasteiger partial charge on any atom is -0.423 e. The van der Waals surface area contributed by atoms with Crippen molar-refractivity contribution >= 4 is 11.9 Å². The summed E-state index contributed by atoms with van der Waals surface area (Å²) in [5.74, 6) is -1.73. The van der Waals surface area contributed by atoms with Gasteiger partial charge in [0.05, 0.1) is 11.8 Å². The zero-order chi connectivity index (χ0) is 13.5. The molecule has 0 aromatic carbocycles. The van der Waals surface area contributed by atoms with E-state index in [0.717, 1.165) is 0 Å². The fourth-order valence-electron chi connectivity index (χ4n) is 1.37. The maximum absolute atomic E-state index is 12.2. The summed E-state index contributed by atoms with van der Waals surface area (Å²) in [6, 6.07) is 0. The molecule has 98 valence electrons. The Bertz CT molecular complexity index is 338. The zero-order valence-electron chi connectivity index (χ0n) is 11.5. The van der Waals surface area contributed by atoms with Gasteiger partial charge in [0.1, 0.15) is 0 Å². The van der Waals surface area contributed by atoms with Crippen molar-refractivity contribution in [2.45, 2.75) is 60.2 Å². The van der Waals surface area contributed by atoms with Crippen molar-refractivity contribution in [1.29, 1.82) is 0 Å². The van der Waals surface area contributed by atoms with Gasteiger partial charge in [-0.3, -0.25) is 9.59 Å². The molecule has 0 aromatic rings. The van der Waals surface area contributed by atoms with E-state index in [1.807, 2.05) is 34.6 Å². The molecule has 0 N–H and O–H groups in total. The number of carbonyl (C=O) groups is 2. The van der Waals surface area contributed by atoms with E-state index in [1.165, 1.54) is 0 Å². The van der Waals surface area contributed by atoms with E-state index < -0.39 is 11.2 Å². The van der Waals surface area contributed by atoms with Gasteiger partial charge in [-0.15, -0.1) is 0 Å². The van der Waals surface area contributed by atoms with Crippen molar-refractivity contribution in [3.63, 3.8) is 0 Å². The van der Waals surface area contributed by atoms with Crippen molar-refractivity contribution in [3.8, 4) is 0 Å². The van der Waals surface area contributed by atoms with Crippen LogP contribution in [0.5, 0.6) is 0 Å². The Labute approximate surface area is 103 Å². The van der Waals surface area contributed by atoms with Gasteiger partial charge in [-0.05, 0) is 19.3 Å². The number of ether oxygens (including phenoxy) is 2. The molecule has 0 aliphatic carbocycles. The second-order valence-corrected chi connectivity index (χ2v) is 6.37. The first-order valence-corrected chi connectivity index (χ1v) is 5.93. The van der Waals surface area contributed by atoms with Gasteiger partial charge in [0.25, 0.3) is 5.79 Å². The number of hydrogen-bond donors (Lipinski definition) is 0. The summed E-state index contributed by atoms with van der Waals surface area (Å²) in [7, 11) is 0. The molecule has 4 heteroatoms. The molecule has 1 heterocycles. The predicted molar refractivity (Wildman–Crippen MR) is 63.1 cm³/mol. The van der Waals surface area contributed by atoms with Gasteiger partial charge in [0.2, 0.25) is 0 Å². The summed E-state index contributed by atoms with van der Waals surface area (Å²) in [6.45, 7) is 11.3. The summed E-state index contributed by atoms with van der Waals surface area (Å²) >= 11 is 0. The molecule has 0 aromatic heterocycles. The fourth-order valence-corrected chi connectivity index (χ4v) is 1.37. The van der Waals surface area contributed by atoms with E-state index in [9.17, 15) is 9.59 Å². The molecule has 1 unspecified atom stereocenters. The first-order chi connectivity index (χ1) is 7.48. The lowest BCUT2D eigenvalue weighted by atomic mass is 9.69. The van der Waals surface area contributed by atoms with Crippen LogP contribution in [0.1, 0.15) is 54.4 Å². The molecule has 1 saturated heterocycles. The highest BCUT2D eigenvalue weighted by molar-refractivity contribution is 5.78. The topological polar surface area (TPSA) is 52.6 Å². The first kappa shape index (κ1) is 14.0. The smallest absolute Gasteiger partial charge is 0.315 e. The molecule has 4 nitrogen and oxygen atoms in total. The molecule has 0 radical (unpaired) electrons. The third-order valence-electron chi connectivity index (χ3n) is 3.81. The summed E-state index contributed by atoms with van der Waals surface area (Å²) in [5, 5.41) is 0. The maximum atomic E-state index is 12.2. The summed E-state index contributed by atoms with van der Waals surface area (Å²) in [4.78, 5) is 23.2. The Kier molecular flexibility index (Phi) is 3.29. The SMILES string of the molecule is CC1(OC(=O)C(C)(C)C(C)(C)C)CCC(=O)O1. The van der Waals surface area contributed by atoms with Crippen LogP contribution in [0.15, 0.2) is 0 Å². The average Bonchev–Trinajstić information content (AvgIpc) is 2.43. The van der Waals surface area contributed by atoms with Gasteiger partial charge in [0.15, 0.2) is 0 Å². The first-order valence-electron chi connectivity index (χ1n) is 5.93. The van der Waals surface area contributed by atoms with Crippen molar-refractivity contribution in [2.75, 3.05) is 0 Å². The van der Waals surface area contributed by atoms with Crippen molar-refractivity contribution in [2.24, 2.45) is 10.8 Å². The van der Waals surface area contributed by atoms with Gasteiger partial charge in [-0.2, -0.15) is 0 Å². The molecule has 1 aliphatic heterocycles. The van der Waals surface area contributed by atoms with E-state index in [-0.39, 0.29) is 17.4 Å². The quantitative estimate of drug-likeness (QED) is 0.698. The highest BCUT2D eigenvalue weighted by Gasteiger charge is 2.47. The second kappa shape index (κ2) is 4.00. The monoisotopic (exact) mass is 242 g/mol. The normalized spacial score (nSPS) is 25.6. The number of hydrogen-bond acceptors (Lipinski definition) is 4. The van der Waals surface area contributed by atoms with Gasteiger partial charge >= 0.3 is 11.9 Å². The van der Waals surface area contributed by atoms with Crippen LogP contribution >= 0.6 is 0 Å². The van der Waals surface area contributed by atoms with Crippen molar-refractivity contribution < 1.29 is 19.1 Å². The van der Waals surface area contributed by atoms with Crippen LogP contribution in [-0.2, 0) is 19.1 Å². The van der Waals surface area contributed by atoms with E-state index >= 15 is 0 Å². The predicted octanol–water partition coefficient (Wildman–Crippen LogP) is 2.66. The molecule has 1 fully saturated rings. The number of carbonyl (C=O) groups excluding carboxylic acids is 2. The summed E-state index contributed by atoms with van der Waals surface area (Å²) in [6.07, 6.45) is 0.734. The van der Waals surface area contributed by atoms with Crippen LogP contribution < -0.4 is 0 Å². The van der Waals surface area contributed by atoms with E-state index in [0.29, 0.717) is 12.8 Å². The molecular weight excluding hydrogens is 220 g/mol. The van der Waals surface area contributed by atoms with Crippen LogP contribution in [0, 0.1) is 10.8 Å². The minimum absolute atomic E-state index is 0.219. The molecule has 17 heavy (non-hydrogen) atoms. The lowest BCUT2D eigenvalue weighted by molar-refractivity contribution is -0.218. The highest BCUT2D eigenvalue weighted by Crippen LogP contribution is 2.41. The molecule has 1 aliphatic rings. The van der Waals surface area contributed by atoms with Crippen LogP contribution in [-0.4, -0.2) is 17.7 Å². The van der Waals surface area contributed by atoms with Crippen molar-refractivity contribution in [3.05, 3.63) is 0 Å². The zero-order valence-corrected chi connectivity index (χ0v) is 11.5. The lowest BCUT2D eigenvalue weighted by Gasteiger charge is -2.38. The Morgan fingerprint density at radius 3 is 2.18 bits per heavy atom. The molecule has 0 saturated carbocycles. The third-order valence-corrected chi connectivity index (χ3v) is 3.81. The largest absolute Gasteiger partial charge is 0.423 e. The third kappa shape index (κ3) is 2.79. The molecule has 1 rings (SSSR count). The minimum atomic E-state index is -1.09. The number of cyclic esters (lactones) is 1. The number of esters is 2. The Balaban J connectivity index is 2.76. The molecular formula is C13H22O4. The van der Waals surface area contributed by atoms with Crippen LogP contribution in [0.3, 0.4) is 0 Å². The summed E-state index contributed by atoms with van der Waals surface area (Å²) in [5.41, 5.74) is -0.853. The lowest BCUT2D eigenvalue weighted by Crippen LogP contribution is -2.43. The number of rotatable bonds is 2. The van der Waals surface area contributed by atoms with Gasteiger partial charge in [-0.1, -0.05) is 20.8 Å². The van der Waals surface area contributed by atoms with Gasteiger partial charge < -0.3 is 9.47 Å². The molecule has 0 spiro atoms. The maximum Gasteiger partial charge on any atom is 0.315 e.